The lowest BCUT2D eigenvalue weighted by atomic mass is 10.3. The van der Waals surface area contributed by atoms with Gasteiger partial charge in [-0.05, 0) is 6.07 Å². The summed E-state index contributed by atoms with van der Waals surface area (Å²) in [5.41, 5.74) is 6.73. The molecule has 1 saturated heterocycles. The van der Waals surface area contributed by atoms with E-state index in [0.717, 1.165) is 5.69 Å². The van der Waals surface area contributed by atoms with Crippen LogP contribution < -0.4 is 5.73 Å². The lowest BCUT2D eigenvalue weighted by Gasteiger charge is -2.15. The molecule has 0 spiro atoms. The molecule has 76 valence electrons. The third kappa shape index (κ3) is 1.63. The summed E-state index contributed by atoms with van der Waals surface area (Å²) < 4.78 is 1.77. The highest BCUT2D eigenvalue weighted by atomic mass is 16.2. The first-order valence-electron chi connectivity index (χ1n) is 4.67. The summed E-state index contributed by atoms with van der Waals surface area (Å²) in [6, 6.07) is 1.91. The van der Waals surface area contributed by atoms with Crippen LogP contribution in [-0.2, 0) is 18.4 Å². The molecule has 5 heteroatoms. The zero-order valence-corrected chi connectivity index (χ0v) is 8.18. The fourth-order valence-electron chi connectivity index (χ4n) is 1.71. The molecule has 0 aliphatic carbocycles. The molecule has 1 fully saturated rings. The van der Waals surface area contributed by atoms with Crippen molar-refractivity contribution in [3.63, 3.8) is 0 Å². The highest BCUT2D eigenvalue weighted by molar-refractivity contribution is 5.79. The molecule has 1 aromatic heterocycles. The predicted molar refractivity (Wildman–Crippen MR) is 51.2 cm³/mol. The molecule has 5 nitrogen and oxygen atoms in total. The lowest BCUT2D eigenvalue weighted by Crippen LogP contribution is -2.28. The molecule has 2 rings (SSSR count). The first kappa shape index (κ1) is 9.21. The van der Waals surface area contributed by atoms with Crippen molar-refractivity contribution in [3.05, 3.63) is 18.0 Å². The van der Waals surface area contributed by atoms with E-state index in [9.17, 15) is 4.79 Å². The number of aromatic nitrogens is 2. The van der Waals surface area contributed by atoms with Crippen LogP contribution in [0.4, 0.5) is 0 Å². The zero-order valence-electron chi connectivity index (χ0n) is 8.18. The van der Waals surface area contributed by atoms with E-state index in [4.69, 9.17) is 5.73 Å². The SMILES string of the molecule is Cn1nccc1CN1CC(N)CC1=O. The van der Waals surface area contributed by atoms with E-state index < -0.39 is 0 Å². The maximum absolute atomic E-state index is 11.4. The predicted octanol–water partition coefficient (Wildman–Crippen LogP) is -0.520. The molecule has 1 aromatic rings. The molecule has 1 amide bonds. The lowest BCUT2D eigenvalue weighted by molar-refractivity contribution is -0.128. The van der Waals surface area contributed by atoms with Crippen LogP contribution in [0.2, 0.25) is 0 Å². The largest absolute Gasteiger partial charge is 0.335 e. The van der Waals surface area contributed by atoms with Gasteiger partial charge in [0, 0.05) is 32.3 Å². The Morgan fingerprint density at radius 1 is 1.71 bits per heavy atom. The van der Waals surface area contributed by atoms with Gasteiger partial charge >= 0.3 is 0 Å². The summed E-state index contributed by atoms with van der Waals surface area (Å²) in [5, 5.41) is 4.05. The number of nitrogens with two attached hydrogens (primary N) is 1. The smallest absolute Gasteiger partial charge is 0.224 e. The third-order valence-electron chi connectivity index (χ3n) is 2.52. The van der Waals surface area contributed by atoms with E-state index in [1.807, 2.05) is 13.1 Å². The van der Waals surface area contributed by atoms with Gasteiger partial charge in [0.15, 0.2) is 0 Å². The number of carbonyl (C=O) groups is 1. The summed E-state index contributed by atoms with van der Waals surface area (Å²) in [4.78, 5) is 13.2. The maximum atomic E-state index is 11.4. The van der Waals surface area contributed by atoms with E-state index in [-0.39, 0.29) is 11.9 Å². The maximum Gasteiger partial charge on any atom is 0.224 e. The normalized spacial score (nSPS) is 22.0. The zero-order chi connectivity index (χ0) is 10.1. The Morgan fingerprint density at radius 3 is 3.00 bits per heavy atom. The molecule has 2 N–H and O–H groups in total. The van der Waals surface area contributed by atoms with E-state index in [0.29, 0.717) is 19.5 Å². The first-order valence-corrected chi connectivity index (χ1v) is 4.67. The molecule has 1 aliphatic rings. The summed E-state index contributed by atoms with van der Waals surface area (Å²) in [6.45, 7) is 1.27. The number of aryl methyl sites for hydroxylation is 1. The van der Waals surface area contributed by atoms with Crippen LogP contribution in [0.25, 0.3) is 0 Å². The molecule has 0 bridgehead atoms. The summed E-state index contributed by atoms with van der Waals surface area (Å²) in [5.74, 6) is 0.138. The Labute approximate surface area is 82.5 Å². The number of hydrogen-bond donors (Lipinski definition) is 1. The van der Waals surface area contributed by atoms with Gasteiger partial charge in [-0.25, -0.2) is 0 Å². The van der Waals surface area contributed by atoms with Crippen LogP contribution in [0.3, 0.4) is 0 Å². The molecule has 14 heavy (non-hydrogen) atoms. The molecular formula is C9H14N4O. The molecule has 0 aromatic carbocycles. The van der Waals surface area contributed by atoms with Crippen molar-refractivity contribution in [3.8, 4) is 0 Å². The minimum atomic E-state index is -0.00396. The fourth-order valence-corrected chi connectivity index (χ4v) is 1.71. The van der Waals surface area contributed by atoms with Gasteiger partial charge in [0.25, 0.3) is 0 Å². The molecule has 1 unspecified atom stereocenters. The molecule has 0 radical (unpaired) electrons. The Balaban J connectivity index is 2.05. The molecule has 1 aliphatic heterocycles. The molecule has 0 saturated carbocycles. The van der Waals surface area contributed by atoms with Gasteiger partial charge in [-0.1, -0.05) is 0 Å². The minimum Gasteiger partial charge on any atom is -0.335 e. The van der Waals surface area contributed by atoms with Crippen molar-refractivity contribution in [2.45, 2.75) is 19.0 Å². The van der Waals surface area contributed by atoms with Crippen LogP contribution in [0.15, 0.2) is 12.3 Å². The Kier molecular flexibility index (Phi) is 2.25. The Bertz CT molecular complexity index is 346. The first-order chi connectivity index (χ1) is 6.66. The van der Waals surface area contributed by atoms with Crippen LogP contribution in [0, 0.1) is 0 Å². The van der Waals surface area contributed by atoms with Crippen LogP contribution >= 0.6 is 0 Å². The second-order valence-electron chi connectivity index (χ2n) is 3.68. The number of hydrogen-bond acceptors (Lipinski definition) is 3. The second kappa shape index (κ2) is 3.42. The topological polar surface area (TPSA) is 64.2 Å². The standard InChI is InChI=1S/C9H14N4O/c1-12-8(2-3-11-12)6-13-5-7(10)4-9(13)14/h2-3,7H,4-6,10H2,1H3. The van der Waals surface area contributed by atoms with E-state index in [2.05, 4.69) is 5.10 Å². The Morgan fingerprint density at radius 2 is 2.50 bits per heavy atom. The number of amides is 1. The van der Waals surface area contributed by atoms with E-state index in [1.54, 1.807) is 15.8 Å². The monoisotopic (exact) mass is 194 g/mol. The second-order valence-corrected chi connectivity index (χ2v) is 3.68. The highest BCUT2D eigenvalue weighted by Gasteiger charge is 2.27. The van der Waals surface area contributed by atoms with Gasteiger partial charge in [-0.15, -0.1) is 0 Å². The third-order valence-corrected chi connectivity index (χ3v) is 2.52. The minimum absolute atomic E-state index is 0.00396. The average molecular weight is 194 g/mol. The number of likely N-dealkylation sites (tertiary alicyclic amines) is 1. The number of rotatable bonds is 2. The van der Waals surface area contributed by atoms with Crippen molar-refractivity contribution in [2.75, 3.05) is 6.54 Å². The average Bonchev–Trinajstić information content (AvgIpc) is 2.62. The van der Waals surface area contributed by atoms with Crippen LogP contribution in [-0.4, -0.2) is 33.2 Å². The number of nitrogens with zero attached hydrogens (tertiary/aromatic N) is 3. The molecule has 2 heterocycles. The number of carbonyl (C=O) groups excluding carboxylic acids is 1. The van der Waals surface area contributed by atoms with Gasteiger partial charge in [-0.2, -0.15) is 5.10 Å². The van der Waals surface area contributed by atoms with Crippen molar-refractivity contribution in [2.24, 2.45) is 12.8 Å². The Hall–Kier alpha value is -1.36. The van der Waals surface area contributed by atoms with Gasteiger partial charge < -0.3 is 10.6 Å². The van der Waals surface area contributed by atoms with E-state index >= 15 is 0 Å². The quantitative estimate of drug-likeness (QED) is 0.689. The van der Waals surface area contributed by atoms with Crippen molar-refractivity contribution >= 4 is 5.91 Å². The highest BCUT2D eigenvalue weighted by Crippen LogP contribution is 2.12. The van der Waals surface area contributed by atoms with Crippen molar-refractivity contribution in [1.82, 2.24) is 14.7 Å². The van der Waals surface area contributed by atoms with Crippen molar-refractivity contribution < 1.29 is 4.79 Å². The van der Waals surface area contributed by atoms with Gasteiger partial charge in [0.2, 0.25) is 5.91 Å². The molecular weight excluding hydrogens is 180 g/mol. The van der Waals surface area contributed by atoms with Crippen LogP contribution in [0.5, 0.6) is 0 Å². The summed E-state index contributed by atoms with van der Waals surface area (Å²) >= 11 is 0. The summed E-state index contributed by atoms with van der Waals surface area (Å²) in [7, 11) is 1.87. The van der Waals surface area contributed by atoms with E-state index in [1.165, 1.54) is 0 Å². The van der Waals surface area contributed by atoms with Gasteiger partial charge in [-0.3, -0.25) is 9.48 Å². The van der Waals surface area contributed by atoms with Crippen LogP contribution in [0.1, 0.15) is 12.1 Å². The molecule has 1 atom stereocenters. The van der Waals surface area contributed by atoms with Crippen molar-refractivity contribution in [1.29, 1.82) is 0 Å². The van der Waals surface area contributed by atoms with Gasteiger partial charge in [0.1, 0.15) is 0 Å². The summed E-state index contributed by atoms with van der Waals surface area (Å²) in [6.07, 6.45) is 2.20. The fraction of sp³-hybridized carbons (Fsp3) is 0.556. The van der Waals surface area contributed by atoms with Gasteiger partial charge in [0.05, 0.1) is 12.2 Å².